The normalized spacial score (nSPS) is 13.0. The molecule has 1 atom stereocenters. The molecule has 0 saturated heterocycles. The van der Waals surface area contributed by atoms with Crippen molar-refractivity contribution < 1.29 is 9.59 Å². The lowest BCUT2D eigenvalue weighted by atomic mass is 9.84. The van der Waals surface area contributed by atoms with E-state index in [4.69, 9.17) is 5.10 Å². The first-order valence-corrected chi connectivity index (χ1v) is 11.9. The number of aryl methyl sites for hydroxylation is 1. The number of aromatic nitrogens is 2. The summed E-state index contributed by atoms with van der Waals surface area (Å²) in [4.78, 5) is 27.4. The van der Waals surface area contributed by atoms with Crippen molar-refractivity contribution in [3.05, 3.63) is 41.6 Å². The molecule has 0 aliphatic heterocycles. The lowest BCUT2D eigenvalue weighted by Crippen LogP contribution is -2.38. The van der Waals surface area contributed by atoms with Crippen molar-refractivity contribution >= 4 is 17.6 Å². The Hall–Kier alpha value is -2.63. The van der Waals surface area contributed by atoms with Gasteiger partial charge in [-0.05, 0) is 49.3 Å². The van der Waals surface area contributed by atoms with Gasteiger partial charge in [0.2, 0.25) is 11.8 Å². The third kappa shape index (κ3) is 8.02. The third-order valence-electron chi connectivity index (χ3n) is 5.54. The standard InChI is InChI=1S/C27H42N4O2/c1-10-30(25(33)15-20(3)17-26(4,5)6)18-24(32)28-23-16-22(27(7,8)9)29-31(23)21-13-11-12-19(2)14-21/h11-14,16,20H,10,15,17-18H2,1-9H3,(H,28,32). The van der Waals surface area contributed by atoms with Gasteiger partial charge in [0.1, 0.15) is 5.82 Å². The molecule has 1 aromatic heterocycles. The van der Waals surface area contributed by atoms with Gasteiger partial charge in [-0.3, -0.25) is 9.59 Å². The Balaban J connectivity index is 2.18. The summed E-state index contributed by atoms with van der Waals surface area (Å²) in [6.07, 6.45) is 1.42. The predicted molar refractivity (Wildman–Crippen MR) is 136 cm³/mol. The van der Waals surface area contributed by atoms with E-state index in [1.807, 2.05) is 44.2 Å². The molecule has 0 saturated carbocycles. The van der Waals surface area contributed by atoms with Crippen LogP contribution in [0.25, 0.3) is 5.69 Å². The molecule has 33 heavy (non-hydrogen) atoms. The molecule has 6 heteroatoms. The lowest BCUT2D eigenvalue weighted by Gasteiger charge is -2.26. The minimum Gasteiger partial charge on any atom is -0.334 e. The summed E-state index contributed by atoms with van der Waals surface area (Å²) < 4.78 is 1.77. The number of nitrogens with zero attached hydrogens (tertiary/aromatic N) is 3. The number of nitrogens with one attached hydrogen (secondary N) is 1. The van der Waals surface area contributed by atoms with Crippen LogP contribution in [0.5, 0.6) is 0 Å². The molecule has 182 valence electrons. The molecular weight excluding hydrogens is 412 g/mol. The molecule has 2 aromatic rings. The van der Waals surface area contributed by atoms with E-state index in [-0.39, 0.29) is 35.1 Å². The van der Waals surface area contributed by atoms with E-state index >= 15 is 0 Å². The van der Waals surface area contributed by atoms with Gasteiger partial charge in [0, 0.05) is 24.4 Å². The van der Waals surface area contributed by atoms with E-state index in [2.05, 4.69) is 53.8 Å². The molecular formula is C27H42N4O2. The summed E-state index contributed by atoms with van der Waals surface area (Å²) in [5.74, 6) is 0.682. The maximum Gasteiger partial charge on any atom is 0.245 e. The highest BCUT2D eigenvalue weighted by Gasteiger charge is 2.24. The average molecular weight is 455 g/mol. The summed E-state index contributed by atoms with van der Waals surface area (Å²) in [5, 5.41) is 7.77. The largest absolute Gasteiger partial charge is 0.334 e. The average Bonchev–Trinajstić information content (AvgIpc) is 3.08. The first kappa shape index (κ1) is 26.6. The van der Waals surface area contributed by atoms with Gasteiger partial charge >= 0.3 is 0 Å². The number of hydrogen-bond acceptors (Lipinski definition) is 3. The monoisotopic (exact) mass is 454 g/mol. The second-order valence-electron chi connectivity index (χ2n) is 11.4. The summed E-state index contributed by atoms with van der Waals surface area (Å²) in [6, 6.07) is 9.93. The Kier molecular flexibility index (Phi) is 8.50. The van der Waals surface area contributed by atoms with Gasteiger partial charge in [0.25, 0.3) is 0 Å². The fraction of sp³-hybridized carbons (Fsp3) is 0.593. The molecule has 0 aliphatic rings. The molecule has 1 heterocycles. The number of amides is 2. The summed E-state index contributed by atoms with van der Waals surface area (Å²) in [7, 11) is 0. The second kappa shape index (κ2) is 10.5. The number of carbonyl (C=O) groups excluding carboxylic acids is 2. The van der Waals surface area contributed by atoms with Crippen molar-refractivity contribution in [1.82, 2.24) is 14.7 Å². The Morgan fingerprint density at radius 2 is 1.79 bits per heavy atom. The van der Waals surface area contributed by atoms with E-state index in [0.717, 1.165) is 23.4 Å². The van der Waals surface area contributed by atoms with Crippen LogP contribution in [0, 0.1) is 18.3 Å². The van der Waals surface area contributed by atoms with Crippen molar-refractivity contribution in [3.8, 4) is 5.69 Å². The fourth-order valence-electron chi connectivity index (χ4n) is 4.07. The van der Waals surface area contributed by atoms with Crippen LogP contribution in [0.15, 0.2) is 30.3 Å². The molecule has 0 fully saturated rings. The summed E-state index contributed by atoms with van der Waals surface area (Å²) >= 11 is 0. The van der Waals surface area contributed by atoms with Crippen molar-refractivity contribution in [2.45, 2.75) is 80.6 Å². The Morgan fingerprint density at radius 1 is 1.12 bits per heavy atom. The van der Waals surface area contributed by atoms with E-state index in [1.54, 1.807) is 9.58 Å². The van der Waals surface area contributed by atoms with E-state index in [9.17, 15) is 9.59 Å². The zero-order valence-corrected chi connectivity index (χ0v) is 22.0. The molecule has 2 amide bonds. The number of rotatable bonds is 8. The van der Waals surface area contributed by atoms with E-state index in [1.165, 1.54) is 0 Å². The van der Waals surface area contributed by atoms with E-state index in [0.29, 0.717) is 18.8 Å². The number of anilines is 1. The Morgan fingerprint density at radius 3 is 2.33 bits per heavy atom. The van der Waals surface area contributed by atoms with Crippen molar-refractivity contribution in [1.29, 1.82) is 0 Å². The second-order valence-corrected chi connectivity index (χ2v) is 11.4. The van der Waals surface area contributed by atoms with Crippen LogP contribution in [0.1, 0.15) is 79.5 Å². The van der Waals surface area contributed by atoms with Crippen LogP contribution < -0.4 is 5.32 Å². The number of benzene rings is 1. The van der Waals surface area contributed by atoms with Crippen molar-refractivity contribution in [3.63, 3.8) is 0 Å². The summed E-state index contributed by atoms with van der Waals surface area (Å²) in [6.45, 7) is 19.4. The van der Waals surface area contributed by atoms with Gasteiger partial charge in [-0.1, -0.05) is 60.6 Å². The smallest absolute Gasteiger partial charge is 0.245 e. The zero-order chi connectivity index (χ0) is 25.0. The van der Waals surface area contributed by atoms with Gasteiger partial charge in [-0.2, -0.15) is 5.10 Å². The first-order valence-electron chi connectivity index (χ1n) is 11.9. The van der Waals surface area contributed by atoms with Crippen LogP contribution in [0.3, 0.4) is 0 Å². The molecule has 0 radical (unpaired) electrons. The van der Waals surface area contributed by atoms with Crippen LogP contribution in [-0.2, 0) is 15.0 Å². The minimum atomic E-state index is -0.220. The molecule has 6 nitrogen and oxygen atoms in total. The quantitative estimate of drug-likeness (QED) is 0.554. The molecule has 1 N–H and O–H groups in total. The molecule has 2 rings (SSSR count). The van der Waals surface area contributed by atoms with E-state index < -0.39 is 0 Å². The van der Waals surface area contributed by atoms with Crippen LogP contribution in [-0.4, -0.2) is 39.6 Å². The van der Waals surface area contributed by atoms with Gasteiger partial charge in [-0.25, -0.2) is 4.68 Å². The summed E-state index contributed by atoms with van der Waals surface area (Å²) in [5.41, 5.74) is 2.90. The van der Waals surface area contributed by atoms with Gasteiger partial charge in [0.05, 0.1) is 17.9 Å². The molecule has 0 spiro atoms. The highest BCUT2D eigenvalue weighted by molar-refractivity contribution is 5.94. The molecule has 0 aliphatic carbocycles. The lowest BCUT2D eigenvalue weighted by molar-refractivity contribution is -0.135. The Labute approximate surface area is 199 Å². The number of likely N-dealkylation sites (N-methyl/N-ethyl adjacent to an activating group) is 1. The SMILES string of the molecule is CCN(CC(=O)Nc1cc(C(C)(C)C)nn1-c1cccc(C)c1)C(=O)CC(C)CC(C)(C)C. The highest BCUT2D eigenvalue weighted by atomic mass is 16.2. The molecule has 0 bridgehead atoms. The topological polar surface area (TPSA) is 67.2 Å². The molecule has 1 unspecified atom stereocenters. The molecule has 1 aromatic carbocycles. The van der Waals surface area contributed by atoms with Gasteiger partial charge in [-0.15, -0.1) is 0 Å². The van der Waals surface area contributed by atoms with Gasteiger partial charge < -0.3 is 10.2 Å². The van der Waals surface area contributed by atoms with Crippen molar-refractivity contribution in [2.75, 3.05) is 18.4 Å². The zero-order valence-electron chi connectivity index (χ0n) is 22.0. The third-order valence-corrected chi connectivity index (χ3v) is 5.54. The van der Waals surface area contributed by atoms with Crippen LogP contribution in [0.2, 0.25) is 0 Å². The van der Waals surface area contributed by atoms with Gasteiger partial charge in [0.15, 0.2) is 0 Å². The maximum atomic E-state index is 13.0. The number of carbonyl (C=O) groups is 2. The Bertz CT molecular complexity index is 963. The predicted octanol–water partition coefficient (Wildman–Crippen LogP) is 5.73. The maximum absolute atomic E-state index is 13.0. The van der Waals surface area contributed by atoms with Crippen molar-refractivity contribution in [2.24, 2.45) is 11.3 Å². The highest BCUT2D eigenvalue weighted by Crippen LogP contribution is 2.27. The van der Waals surface area contributed by atoms with Crippen LogP contribution >= 0.6 is 0 Å². The first-order chi connectivity index (χ1) is 15.2. The fourth-order valence-corrected chi connectivity index (χ4v) is 4.07. The minimum absolute atomic E-state index is 0.0203. The van der Waals surface area contributed by atoms with Crippen LogP contribution in [0.4, 0.5) is 5.82 Å². The number of hydrogen-bond donors (Lipinski definition) is 1.